The van der Waals surface area contributed by atoms with Crippen molar-refractivity contribution >= 4 is 16.1 Å². The third kappa shape index (κ3) is 2.26. The third-order valence-corrected chi connectivity index (χ3v) is 3.94. The Balaban J connectivity index is 0.000000686. The molecule has 94 valence electrons. The fourth-order valence-electron chi connectivity index (χ4n) is 1.31. The number of aryl methyl sites for hydroxylation is 1. The number of amides is 1. The molecule has 1 aromatic carbocycles. The van der Waals surface area contributed by atoms with Gasteiger partial charge in [-0.2, -0.15) is 0 Å². The van der Waals surface area contributed by atoms with Crippen molar-refractivity contribution < 1.29 is 17.9 Å². The molecule has 0 atom stereocenters. The number of carbonyl (C=O) groups is 1. The van der Waals surface area contributed by atoms with Crippen molar-refractivity contribution in [3.8, 4) is 5.75 Å². The van der Waals surface area contributed by atoms with E-state index in [2.05, 4.69) is 0 Å². The van der Waals surface area contributed by atoms with E-state index in [1.54, 1.807) is 13.0 Å². The standard InChI is InChI=1S/C9H9NO4S.C2H6/c1-6-3-4-7-8(5-6)15(12,13)10(2)9(11)14-7;1-2/h3-5H,1-2H3;1-2H3. The number of nitrogens with zero attached hydrogens (tertiary/aromatic N) is 1. The Morgan fingerprint density at radius 2 is 1.82 bits per heavy atom. The van der Waals surface area contributed by atoms with E-state index in [0.717, 1.165) is 5.56 Å². The van der Waals surface area contributed by atoms with Gasteiger partial charge < -0.3 is 4.74 Å². The van der Waals surface area contributed by atoms with Crippen molar-refractivity contribution in [2.75, 3.05) is 7.05 Å². The summed E-state index contributed by atoms with van der Waals surface area (Å²) < 4.78 is 29.0. The van der Waals surface area contributed by atoms with E-state index in [1.807, 2.05) is 13.8 Å². The van der Waals surface area contributed by atoms with Crippen LogP contribution in [0.4, 0.5) is 4.79 Å². The van der Waals surface area contributed by atoms with Gasteiger partial charge in [-0.3, -0.25) is 0 Å². The van der Waals surface area contributed by atoms with Gasteiger partial charge in [-0.1, -0.05) is 19.9 Å². The summed E-state index contributed by atoms with van der Waals surface area (Å²) in [6, 6.07) is 4.65. The van der Waals surface area contributed by atoms with E-state index in [4.69, 9.17) is 4.74 Å². The summed E-state index contributed by atoms with van der Waals surface area (Å²) >= 11 is 0. The Bertz CT molecular complexity index is 536. The van der Waals surface area contributed by atoms with Gasteiger partial charge in [0, 0.05) is 7.05 Å². The van der Waals surface area contributed by atoms with Crippen molar-refractivity contribution in [3.63, 3.8) is 0 Å². The number of carbonyl (C=O) groups excluding carboxylic acids is 1. The highest BCUT2D eigenvalue weighted by molar-refractivity contribution is 7.89. The average molecular weight is 257 g/mol. The lowest BCUT2D eigenvalue weighted by Gasteiger charge is -2.24. The van der Waals surface area contributed by atoms with E-state index in [9.17, 15) is 13.2 Å². The van der Waals surface area contributed by atoms with Gasteiger partial charge in [0.05, 0.1) is 0 Å². The third-order valence-electron chi connectivity index (χ3n) is 2.19. The second-order valence-electron chi connectivity index (χ2n) is 3.29. The van der Waals surface area contributed by atoms with Gasteiger partial charge in [-0.05, 0) is 24.6 Å². The quantitative estimate of drug-likeness (QED) is 0.714. The van der Waals surface area contributed by atoms with Crippen LogP contribution in [-0.4, -0.2) is 25.9 Å². The number of hydrogen-bond donors (Lipinski definition) is 0. The van der Waals surface area contributed by atoms with E-state index >= 15 is 0 Å². The van der Waals surface area contributed by atoms with E-state index < -0.39 is 16.1 Å². The normalized spacial score (nSPS) is 16.5. The summed E-state index contributed by atoms with van der Waals surface area (Å²) in [7, 11) is -2.56. The first-order valence-electron chi connectivity index (χ1n) is 5.24. The molecule has 1 heterocycles. The van der Waals surface area contributed by atoms with Crippen LogP contribution in [-0.2, 0) is 10.0 Å². The summed E-state index contributed by atoms with van der Waals surface area (Å²) in [4.78, 5) is 11.2. The first kappa shape index (κ1) is 13.5. The predicted molar refractivity (Wildman–Crippen MR) is 63.5 cm³/mol. The summed E-state index contributed by atoms with van der Waals surface area (Å²) in [5.74, 6) is 0.0868. The zero-order valence-electron chi connectivity index (χ0n) is 10.2. The van der Waals surface area contributed by atoms with E-state index in [0.29, 0.717) is 4.31 Å². The molecule has 0 saturated heterocycles. The molecule has 0 fully saturated rings. The first-order valence-corrected chi connectivity index (χ1v) is 6.68. The number of fused-ring (bicyclic) bond motifs is 1. The molecule has 0 unspecified atom stereocenters. The number of hydrogen-bond acceptors (Lipinski definition) is 4. The van der Waals surface area contributed by atoms with Crippen LogP contribution < -0.4 is 4.74 Å². The molecule has 1 aliphatic rings. The topological polar surface area (TPSA) is 63.7 Å². The Morgan fingerprint density at radius 1 is 1.24 bits per heavy atom. The smallest absolute Gasteiger partial charge is 0.408 e. The Morgan fingerprint density at radius 3 is 2.41 bits per heavy atom. The average Bonchev–Trinajstić information content (AvgIpc) is 2.31. The lowest BCUT2D eigenvalue weighted by Crippen LogP contribution is -2.39. The van der Waals surface area contributed by atoms with Gasteiger partial charge in [0.15, 0.2) is 5.75 Å². The molecule has 1 aromatic rings. The van der Waals surface area contributed by atoms with E-state index in [1.165, 1.54) is 19.2 Å². The van der Waals surface area contributed by atoms with Crippen molar-refractivity contribution in [1.82, 2.24) is 4.31 Å². The fourth-order valence-corrected chi connectivity index (χ4v) is 2.53. The molecule has 0 aromatic heterocycles. The second-order valence-corrected chi connectivity index (χ2v) is 5.23. The number of ether oxygens (including phenoxy) is 1. The Labute approximate surface area is 101 Å². The van der Waals surface area contributed by atoms with Crippen LogP contribution in [0.15, 0.2) is 23.1 Å². The summed E-state index contributed by atoms with van der Waals surface area (Å²) in [6.45, 7) is 5.77. The Kier molecular flexibility index (Phi) is 3.77. The number of rotatable bonds is 0. The Hall–Kier alpha value is -1.56. The molecular weight excluding hydrogens is 242 g/mol. The highest BCUT2D eigenvalue weighted by Crippen LogP contribution is 2.31. The molecule has 0 spiro atoms. The predicted octanol–water partition coefficient (Wildman–Crippen LogP) is 2.15. The van der Waals surface area contributed by atoms with Gasteiger partial charge in [0.1, 0.15) is 4.90 Å². The molecule has 0 saturated carbocycles. The molecule has 0 bridgehead atoms. The summed E-state index contributed by atoms with van der Waals surface area (Å²) in [6.07, 6.45) is -0.883. The minimum atomic E-state index is -3.73. The summed E-state index contributed by atoms with van der Waals surface area (Å²) in [5, 5.41) is 0. The van der Waals surface area contributed by atoms with Gasteiger partial charge in [0.2, 0.25) is 0 Å². The van der Waals surface area contributed by atoms with Crippen molar-refractivity contribution in [3.05, 3.63) is 23.8 Å². The molecule has 17 heavy (non-hydrogen) atoms. The maximum Gasteiger partial charge on any atom is 0.429 e. The largest absolute Gasteiger partial charge is 0.429 e. The second kappa shape index (κ2) is 4.75. The van der Waals surface area contributed by atoms with Crippen LogP contribution in [0.1, 0.15) is 19.4 Å². The van der Waals surface area contributed by atoms with Gasteiger partial charge in [0.25, 0.3) is 10.0 Å². The highest BCUT2D eigenvalue weighted by Gasteiger charge is 2.35. The molecule has 0 aliphatic carbocycles. The molecule has 6 heteroatoms. The fraction of sp³-hybridized carbons (Fsp3) is 0.364. The molecule has 2 rings (SSSR count). The molecule has 5 nitrogen and oxygen atoms in total. The minimum Gasteiger partial charge on any atom is -0.408 e. The first-order chi connectivity index (χ1) is 7.93. The lowest BCUT2D eigenvalue weighted by molar-refractivity contribution is 0.179. The molecular formula is C11H15NO4S. The van der Waals surface area contributed by atoms with Crippen LogP contribution in [0.2, 0.25) is 0 Å². The summed E-state index contributed by atoms with van der Waals surface area (Å²) in [5.41, 5.74) is 0.795. The zero-order chi connectivity index (χ0) is 13.2. The highest BCUT2D eigenvalue weighted by atomic mass is 32.2. The van der Waals surface area contributed by atoms with Gasteiger partial charge in [-0.25, -0.2) is 17.5 Å². The maximum atomic E-state index is 11.8. The zero-order valence-corrected chi connectivity index (χ0v) is 11.0. The monoisotopic (exact) mass is 257 g/mol. The van der Waals surface area contributed by atoms with Crippen molar-refractivity contribution in [2.24, 2.45) is 0 Å². The number of sulfonamides is 1. The minimum absolute atomic E-state index is 0.0320. The number of benzene rings is 1. The maximum absolute atomic E-state index is 11.8. The van der Waals surface area contributed by atoms with Crippen LogP contribution in [0.5, 0.6) is 5.75 Å². The molecule has 1 amide bonds. The lowest BCUT2D eigenvalue weighted by atomic mass is 10.2. The van der Waals surface area contributed by atoms with Gasteiger partial charge in [-0.15, -0.1) is 0 Å². The molecule has 0 radical (unpaired) electrons. The van der Waals surface area contributed by atoms with Crippen molar-refractivity contribution in [2.45, 2.75) is 25.7 Å². The van der Waals surface area contributed by atoms with Gasteiger partial charge >= 0.3 is 6.09 Å². The SMILES string of the molecule is CC.Cc1ccc2c(c1)S(=O)(=O)N(C)C(=O)O2. The van der Waals surface area contributed by atoms with Crippen LogP contribution >= 0.6 is 0 Å². The van der Waals surface area contributed by atoms with Crippen LogP contribution in [0, 0.1) is 6.92 Å². The molecule has 0 N–H and O–H groups in total. The molecule has 1 aliphatic heterocycles. The van der Waals surface area contributed by atoms with E-state index in [-0.39, 0.29) is 10.6 Å². The van der Waals surface area contributed by atoms with Crippen molar-refractivity contribution in [1.29, 1.82) is 0 Å². The van der Waals surface area contributed by atoms with Crippen LogP contribution in [0.25, 0.3) is 0 Å². The van der Waals surface area contributed by atoms with Crippen LogP contribution in [0.3, 0.4) is 0 Å².